The number of hydrogen-bond donors (Lipinski definition) is 1. The van der Waals surface area contributed by atoms with Crippen molar-refractivity contribution < 1.29 is 28.9 Å². The fraction of sp³-hybridized carbons (Fsp3) is 0.152. The van der Waals surface area contributed by atoms with Gasteiger partial charge in [-0.25, -0.2) is 0 Å². The molecule has 1 atom stereocenters. The van der Waals surface area contributed by atoms with Gasteiger partial charge in [-0.1, -0.05) is 77.7 Å². The van der Waals surface area contributed by atoms with Gasteiger partial charge in [0.25, 0.3) is 5.78 Å². The number of ether oxygens (including phenoxy) is 3. The van der Waals surface area contributed by atoms with Crippen LogP contribution in [0.3, 0.4) is 0 Å². The molecule has 0 unspecified atom stereocenters. The molecule has 5 aromatic rings. The first-order valence-corrected chi connectivity index (χ1v) is 15.6. The minimum Gasteiger partial charge on any atom is -0.507 e. The van der Waals surface area contributed by atoms with Crippen molar-refractivity contribution in [2.24, 2.45) is 0 Å². The van der Waals surface area contributed by atoms with E-state index >= 15 is 0 Å². The van der Waals surface area contributed by atoms with Gasteiger partial charge in [0.1, 0.15) is 24.7 Å². The first-order valence-electron chi connectivity index (χ1n) is 13.8. The normalized spacial score (nSPS) is 17.3. The molecule has 1 N–H and O–H groups in total. The van der Waals surface area contributed by atoms with Gasteiger partial charge in [0.2, 0.25) is 5.13 Å². The molecule has 1 fully saturated rings. The summed E-state index contributed by atoms with van der Waals surface area (Å²) < 4.78 is 17.2. The van der Waals surface area contributed by atoms with Gasteiger partial charge in [-0.2, -0.15) is 0 Å². The van der Waals surface area contributed by atoms with Crippen molar-refractivity contribution in [3.05, 3.63) is 107 Å². The van der Waals surface area contributed by atoms with Crippen LogP contribution in [0.1, 0.15) is 22.7 Å². The quantitative estimate of drug-likeness (QED) is 0.0725. The highest BCUT2D eigenvalue weighted by Crippen LogP contribution is 2.45. The molecule has 0 bridgehead atoms. The maximum Gasteiger partial charge on any atom is 0.301 e. The molecular weight excluding hydrogens is 599 g/mol. The van der Waals surface area contributed by atoms with E-state index in [2.05, 4.69) is 34.5 Å². The molecule has 1 saturated heterocycles. The van der Waals surface area contributed by atoms with E-state index in [1.54, 1.807) is 49.6 Å². The van der Waals surface area contributed by atoms with Crippen molar-refractivity contribution in [3.63, 3.8) is 0 Å². The summed E-state index contributed by atoms with van der Waals surface area (Å²) in [6, 6.07) is 25.3. The number of Topliss-reactive ketones (excluding diaryl/α,β-unsaturated/α-hetero) is 1. The predicted molar refractivity (Wildman–Crippen MR) is 169 cm³/mol. The number of aliphatic hydroxyl groups excluding tert-OH is 1. The van der Waals surface area contributed by atoms with E-state index in [1.165, 1.54) is 28.0 Å². The van der Waals surface area contributed by atoms with Crippen LogP contribution in [0.25, 0.3) is 16.5 Å². The second-order valence-corrected chi connectivity index (χ2v) is 12.3. The summed E-state index contributed by atoms with van der Waals surface area (Å²) in [6.45, 7) is 0.788. The lowest BCUT2D eigenvalue weighted by Gasteiger charge is -2.23. The number of aliphatic hydroxyl groups is 1. The van der Waals surface area contributed by atoms with Crippen LogP contribution in [-0.2, 0) is 15.3 Å². The van der Waals surface area contributed by atoms with E-state index in [0.717, 1.165) is 16.3 Å². The van der Waals surface area contributed by atoms with Gasteiger partial charge in [0.05, 0.1) is 18.7 Å². The maximum absolute atomic E-state index is 13.6. The first kappa shape index (κ1) is 27.9. The standard InChI is InChI=1S/C33H25N3O6S2/c1-40-23-12-9-20(10-13-23)28-27(29(37)21-11-14-25-26(17-21)42-16-15-41-25)30(38)31(39)36(28)32-34-35-33(44-32)43-18-22-7-4-6-19-5-2-3-8-24(19)22/h2-14,17,28,37H,15-16,18H2,1H3/t28-/m1/s1. The lowest BCUT2D eigenvalue weighted by Crippen LogP contribution is -2.29. The largest absolute Gasteiger partial charge is 0.507 e. The number of rotatable bonds is 7. The number of aromatic nitrogens is 2. The number of ketones is 1. The van der Waals surface area contributed by atoms with Crippen LogP contribution in [0, 0.1) is 0 Å². The Labute approximate surface area is 260 Å². The molecule has 0 radical (unpaired) electrons. The van der Waals surface area contributed by atoms with Crippen molar-refractivity contribution >= 4 is 56.5 Å². The van der Waals surface area contributed by atoms with Crippen LogP contribution in [0.2, 0.25) is 0 Å². The van der Waals surface area contributed by atoms with Gasteiger partial charge in [-0.05, 0) is 52.2 Å². The second kappa shape index (κ2) is 11.7. The number of thioether (sulfide) groups is 1. The summed E-state index contributed by atoms with van der Waals surface area (Å²) in [5, 5.41) is 22.8. The Morgan fingerprint density at radius 2 is 1.75 bits per heavy atom. The van der Waals surface area contributed by atoms with E-state index in [1.807, 2.05) is 18.2 Å². The summed E-state index contributed by atoms with van der Waals surface area (Å²) in [5.74, 6) is 0.319. The highest BCUT2D eigenvalue weighted by molar-refractivity contribution is 8.00. The van der Waals surface area contributed by atoms with E-state index < -0.39 is 17.7 Å². The monoisotopic (exact) mass is 623 g/mol. The molecule has 9 nitrogen and oxygen atoms in total. The molecule has 0 spiro atoms. The van der Waals surface area contributed by atoms with E-state index in [4.69, 9.17) is 14.2 Å². The molecule has 2 aliphatic heterocycles. The summed E-state index contributed by atoms with van der Waals surface area (Å²) in [6.07, 6.45) is 0. The SMILES string of the molecule is COc1ccc([C@@H]2C(=C(O)c3ccc4c(c3)OCCO4)C(=O)C(=O)N2c2nnc(SCc3cccc4ccccc34)s2)cc1. The third-order valence-electron chi connectivity index (χ3n) is 7.52. The lowest BCUT2D eigenvalue weighted by atomic mass is 9.95. The number of fused-ring (bicyclic) bond motifs is 2. The molecule has 1 amide bonds. The summed E-state index contributed by atoms with van der Waals surface area (Å²) >= 11 is 2.73. The molecule has 4 aromatic carbocycles. The maximum atomic E-state index is 13.6. The van der Waals surface area contributed by atoms with Crippen molar-refractivity contribution in [2.45, 2.75) is 16.1 Å². The molecule has 11 heteroatoms. The van der Waals surface area contributed by atoms with Crippen LogP contribution in [-0.4, -0.2) is 47.3 Å². The number of carbonyl (C=O) groups excluding carboxylic acids is 2. The van der Waals surface area contributed by atoms with Gasteiger partial charge in [-0.15, -0.1) is 10.2 Å². The summed E-state index contributed by atoms with van der Waals surface area (Å²) in [4.78, 5) is 28.5. The van der Waals surface area contributed by atoms with Crippen molar-refractivity contribution in [1.29, 1.82) is 0 Å². The van der Waals surface area contributed by atoms with Crippen molar-refractivity contribution in [3.8, 4) is 17.2 Å². The molecule has 3 heterocycles. The zero-order chi connectivity index (χ0) is 30.2. The van der Waals surface area contributed by atoms with Crippen molar-refractivity contribution in [1.82, 2.24) is 10.2 Å². The lowest BCUT2D eigenvalue weighted by molar-refractivity contribution is -0.132. The molecule has 0 aliphatic carbocycles. The van der Waals surface area contributed by atoms with Crippen LogP contribution < -0.4 is 19.1 Å². The minimum absolute atomic E-state index is 0.0583. The zero-order valence-electron chi connectivity index (χ0n) is 23.4. The van der Waals surface area contributed by atoms with E-state index in [-0.39, 0.29) is 16.5 Å². The van der Waals surface area contributed by atoms with Gasteiger partial charge in [0.15, 0.2) is 15.8 Å². The predicted octanol–water partition coefficient (Wildman–Crippen LogP) is 6.39. The summed E-state index contributed by atoms with van der Waals surface area (Å²) in [5.41, 5.74) is 2.03. The van der Waals surface area contributed by atoms with E-state index in [9.17, 15) is 14.7 Å². The van der Waals surface area contributed by atoms with Gasteiger partial charge in [0, 0.05) is 11.3 Å². The molecule has 220 valence electrons. The van der Waals surface area contributed by atoms with Crippen LogP contribution >= 0.6 is 23.1 Å². The highest BCUT2D eigenvalue weighted by Gasteiger charge is 2.48. The number of carbonyl (C=O) groups is 2. The fourth-order valence-electron chi connectivity index (χ4n) is 5.39. The Morgan fingerprint density at radius 1 is 0.977 bits per heavy atom. The molecule has 44 heavy (non-hydrogen) atoms. The van der Waals surface area contributed by atoms with Gasteiger partial charge >= 0.3 is 5.91 Å². The number of hydrogen-bond acceptors (Lipinski definition) is 10. The third kappa shape index (κ3) is 5.03. The molecular formula is C33H25N3O6S2. The Morgan fingerprint density at radius 3 is 2.57 bits per heavy atom. The molecule has 0 saturated carbocycles. The number of methoxy groups -OCH3 is 1. The number of anilines is 1. The number of nitrogens with zero attached hydrogens (tertiary/aromatic N) is 3. The molecule has 2 aliphatic rings. The molecule has 7 rings (SSSR count). The Kier molecular flexibility index (Phi) is 7.41. The Bertz CT molecular complexity index is 1930. The van der Waals surface area contributed by atoms with Gasteiger partial charge < -0.3 is 19.3 Å². The smallest absolute Gasteiger partial charge is 0.301 e. The second-order valence-electron chi connectivity index (χ2n) is 10.1. The third-order valence-corrected chi connectivity index (χ3v) is 9.63. The Balaban J connectivity index is 1.25. The topological polar surface area (TPSA) is 111 Å². The average Bonchev–Trinajstić information content (AvgIpc) is 3.64. The minimum atomic E-state index is -0.946. The Hall–Kier alpha value is -4.87. The number of amides is 1. The highest BCUT2D eigenvalue weighted by atomic mass is 32.2. The zero-order valence-corrected chi connectivity index (χ0v) is 25.1. The van der Waals surface area contributed by atoms with Crippen molar-refractivity contribution in [2.75, 3.05) is 25.2 Å². The van der Waals surface area contributed by atoms with Crippen LogP contribution in [0.4, 0.5) is 5.13 Å². The van der Waals surface area contributed by atoms with E-state index in [0.29, 0.717) is 51.7 Å². The first-order chi connectivity index (χ1) is 21.5. The molecule has 1 aromatic heterocycles. The van der Waals surface area contributed by atoms with Crippen LogP contribution in [0.5, 0.6) is 17.2 Å². The summed E-state index contributed by atoms with van der Waals surface area (Å²) in [7, 11) is 1.56. The average molecular weight is 624 g/mol. The van der Waals surface area contributed by atoms with Crippen LogP contribution in [0.15, 0.2) is 94.8 Å². The van der Waals surface area contributed by atoms with Gasteiger partial charge in [-0.3, -0.25) is 14.5 Å². The number of benzene rings is 4. The fourth-order valence-corrected chi connectivity index (χ4v) is 7.27.